The second-order valence-corrected chi connectivity index (χ2v) is 9.04. The molecule has 0 radical (unpaired) electrons. The van der Waals surface area contributed by atoms with Crippen LogP contribution in [0.4, 0.5) is 0 Å². The molecule has 6 heteroatoms. The third-order valence-corrected chi connectivity index (χ3v) is 6.61. The van der Waals surface area contributed by atoms with E-state index >= 15 is 0 Å². The summed E-state index contributed by atoms with van der Waals surface area (Å²) in [7, 11) is 0. The zero-order chi connectivity index (χ0) is 23.4. The summed E-state index contributed by atoms with van der Waals surface area (Å²) in [6.45, 7) is 8.16. The van der Waals surface area contributed by atoms with Gasteiger partial charge >= 0.3 is 5.97 Å². The zero-order valence-electron chi connectivity index (χ0n) is 19.8. The van der Waals surface area contributed by atoms with E-state index in [-0.39, 0.29) is 23.8 Å². The number of amides is 1. The quantitative estimate of drug-likeness (QED) is 0.621. The predicted molar refractivity (Wildman–Crippen MR) is 129 cm³/mol. The topological polar surface area (TPSA) is 62.2 Å². The molecule has 1 atom stereocenters. The van der Waals surface area contributed by atoms with Crippen molar-refractivity contribution in [3.63, 3.8) is 0 Å². The molecule has 0 saturated carbocycles. The second-order valence-electron chi connectivity index (χ2n) is 9.04. The molecule has 0 aromatic heterocycles. The van der Waals surface area contributed by atoms with Crippen LogP contribution in [0.5, 0.6) is 0 Å². The molecule has 0 aliphatic carbocycles. The number of nitrogens with zero attached hydrogens (tertiary/aromatic N) is 3. The number of hydrogen-bond donors (Lipinski definition) is 0. The summed E-state index contributed by atoms with van der Waals surface area (Å²) >= 11 is 0. The highest BCUT2D eigenvalue weighted by atomic mass is 16.5. The molecule has 2 aromatic carbocycles. The van der Waals surface area contributed by atoms with E-state index in [1.165, 1.54) is 11.1 Å². The molecule has 1 fully saturated rings. The van der Waals surface area contributed by atoms with E-state index in [2.05, 4.69) is 49.1 Å². The molecule has 4 rings (SSSR count). The van der Waals surface area contributed by atoms with Crippen LogP contribution in [0.2, 0.25) is 0 Å². The van der Waals surface area contributed by atoms with Gasteiger partial charge in [-0.05, 0) is 57.8 Å². The number of hydrazone groups is 1. The van der Waals surface area contributed by atoms with Crippen molar-refractivity contribution in [1.29, 1.82) is 0 Å². The fourth-order valence-electron chi connectivity index (χ4n) is 4.83. The number of likely N-dealkylation sites (tertiary alicyclic amines) is 1. The van der Waals surface area contributed by atoms with E-state index < -0.39 is 0 Å². The van der Waals surface area contributed by atoms with Gasteiger partial charge in [0.05, 0.1) is 30.8 Å². The molecule has 0 spiro atoms. The van der Waals surface area contributed by atoms with Gasteiger partial charge in [0, 0.05) is 12.0 Å². The first kappa shape index (κ1) is 23.2. The Morgan fingerprint density at radius 1 is 1.06 bits per heavy atom. The van der Waals surface area contributed by atoms with E-state index in [9.17, 15) is 9.59 Å². The second kappa shape index (κ2) is 10.3. The SMILES string of the molecule is CCOC(=O)C1CCN(CC(=O)N2N=C(c3ccc(C)cc3C)CC2c2ccccc2)CC1. The van der Waals surface area contributed by atoms with Gasteiger partial charge in [0.2, 0.25) is 0 Å². The standard InChI is InChI=1S/C27H33N3O3/c1-4-33-27(32)22-12-14-29(15-13-22)18-26(31)30-25(21-8-6-5-7-9-21)17-24(28-30)23-11-10-19(2)16-20(23)3/h5-11,16,22,25H,4,12-15,17-18H2,1-3H3. The Hall–Kier alpha value is -2.99. The molecule has 1 amide bonds. The van der Waals surface area contributed by atoms with Crippen molar-refractivity contribution >= 4 is 17.6 Å². The minimum absolute atomic E-state index is 0.00166. The number of piperidine rings is 1. The van der Waals surface area contributed by atoms with Crippen LogP contribution in [0, 0.1) is 19.8 Å². The highest BCUT2D eigenvalue weighted by molar-refractivity contribution is 6.04. The van der Waals surface area contributed by atoms with Crippen LogP contribution in [0.15, 0.2) is 53.6 Å². The Kier molecular flexibility index (Phi) is 7.23. The lowest BCUT2D eigenvalue weighted by molar-refractivity contribution is -0.149. The Balaban J connectivity index is 1.49. The molecule has 2 aliphatic rings. The molecule has 1 unspecified atom stereocenters. The van der Waals surface area contributed by atoms with Crippen molar-refractivity contribution in [2.24, 2.45) is 11.0 Å². The van der Waals surface area contributed by atoms with Crippen LogP contribution in [-0.2, 0) is 14.3 Å². The van der Waals surface area contributed by atoms with Gasteiger partial charge in [-0.1, -0.05) is 54.1 Å². The molecule has 33 heavy (non-hydrogen) atoms. The highest BCUT2D eigenvalue weighted by Crippen LogP contribution is 2.34. The van der Waals surface area contributed by atoms with Gasteiger partial charge < -0.3 is 4.74 Å². The largest absolute Gasteiger partial charge is 0.466 e. The lowest BCUT2D eigenvalue weighted by Gasteiger charge is -2.31. The van der Waals surface area contributed by atoms with Gasteiger partial charge in [-0.25, -0.2) is 5.01 Å². The number of benzene rings is 2. The summed E-state index contributed by atoms with van der Waals surface area (Å²) in [5.74, 6) is -0.178. The van der Waals surface area contributed by atoms with E-state index in [0.717, 1.165) is 29.7 Å². The first-order valence-electron chi connectivity index (χ1n) is 11.9. The summed E-state index contributed by atoms with van der Waals surface area (Å²) in [6.07, 6.45) is 2.15. The zero-order valence-corrected chi connectivity index (χ0v) is 19.8. The van der Waals surface area contributed by atoms with Crippen LogP contribution in [0.3, 0.4) is 0 Å². The van der Waals surface area contributed by atoms with E-state index in [1.807, 2.05) is 25.1 Å². The van der Waals surface area contributed by atoms with Crippen LogP contribution in [0.25, 0.3) is 0 Å². The van der Waals surface area contributed by atoms with Gasteiger partial charge in [0.1, 0.15) is 0 Å². The van der Waals surface area contributed by atoms with Crippen LogP contribution in [0.1, 0.15) is 54.5 Å². The Labute approximate surface area is 196 Å². The Bertz CT molecular complexity index is 1030. The lowest BCUT2D eigenvalue weighted by Crippen LogP contribution is -2.43. The summed E-state index contributed by atoms with van der Waals surface area (Å²) in [4.78, 5) is 27.6. The summed E-state index contributed by atoms with van der Waals surface area (Å²) in [5.41, 5.74) is 5.54. The number of aryl methyl sites for hydroxylation is 2. The van der Waals surface area contributed by atoms with Gasteiger partial charge in [0.25, 0.3) is 5.91 Å². The van der Waals surface area contributed by atoms with E-state index in [1.54, 1.807) is 5.01 Å². The van der Waals surface area contributed by atoms with Crippen molar-refractivity contribution in [2.75, 3.05) is 26.2 Å². The molecular weight excluding hydrogens is 414 g/mol. The monoisotopic (exact) mass is 447 g/mol. The molecule has 0 N–H and O–H groups in total. The van der Waals surface area contributed by atoms with E-state index in [4.69, 9.17) is 9.84 Å². The van der Waals surface area contributed by atoms with Crippen molar-refractivity contribution in [1.82, 2.24) is 9.91 Å². The number of esters is 1. The van der Waals surface area contributed by atoms with Crippen LogP contribution < -0.4 is 0 Å². The Morgan fingerprint density at radius 2 is 1.79 bits per heavy atom. The maximum atomic E-state index is 13.4. The summed E-state index contributed by atoms with van der Waals surface area (Å²) < 4.78 is 5.16. The lowest BCUT2D eigenvalue weighted by atomic mass is 9.95. The minimum atomic E-state index is -0.116. The minimum Gasteiger partial charge on any atom is -0.466 e. The molecule has 0 bridgehead atoms. The number of hydrogen-bond acceptors (Lipinski definition) is 5. The van der Waals surface area contributed by atoms with Gasteiger partial charge in [-0.15, -0.1) is 0 Å². The molecule has 1 saturated heterocycles. The molecule has 2 aliphatic heterocycles. The molecule has 174 valence electrons. The first-order chi connectivity index (χ1) is 16.0. The number of rotatable bonds is 6. The van der Waals surface area contributed by atoms with Gasteiger partial charge in [-0.2, -0.15) is 5.10 Å². The van der Waals surface area contributed by atoms with E-state index in [0.29, 0.717) is 32.7 Å². The van der Waals surface area contributed by atoms with Crippen molar-refractivity contribution in [3.8, 4) is 0 Å². The average molecular weight is 448 g/mol. The third kappa shape index (κ3) is 5.33. The molecule has 6 nitrogen and oxygen atoms in total. The average Bonchev–Trinajstić information content (AvgIpc) is 3.26. The number of carbonyl (C=O) groups is 2. The fraction of sp³-hybridized carbons (Fsp3) is 0.444. The maximum Gasteiger partial charge on any atom is 0.309 e. The maximum absolute atomic E-state index is 13.4. The normalized spacial score (nSPS) is 19.4. The van der Waals surface area contributed by atoms with Crippen molar-refractivity contribution in [3.05, 3.63) is 70.8 Å². The van der Waals surface area contributed by atoms with Gasteiger partial charge in [-0.3, -0.25) is 14.5 Å². The summed E-state index contributed by atoms with van der Waals surface area (Å²) in [6, 6.07) is 16.4. The van der Waals surface area contributed by atoms with Gasteiger partial charge in [0.15, 0.2) is 0 Å². The molecule has 2 aromatic rings. The third-order valence-electron chi connectivity index (χ3n) is 6.61. The van der Waals surface area contributed by atoms with Crippen molar-refractivity contribution < 1.29 is 14.3 Å². The fourth-order valence-corrected chi connectivity index (χ4v) is 4.83. The highest BCUT2D eigenvalue weighted by Gasteiger charge is 2.35. The Morgan fingerprint density at radius 3 is 2.45 bits per heavy atom. The predicted octanol–water partition coefficient (Wildman–Crippen LogP) is 4.26. The number of ether oxygens (including phenoxy) is 1. The van der Waals surface area contributed by atoms with Crippen LogP contribution >= 0.6 is 0 Å². The molecular formula is C27H33N3O3. The van der Waals surface area contributed by atoms with Crippen molar-refractivity contribution in [2.45, 2.75) is 46.1 Å². The number of carbonyl (C=O) groups excluding carboxylic acids is 2. The van der Waals surface area contributed by atoms with Crippen LogP contribution in [-0.4, -0.2) is 53.7 Å². The molecule has 2 heterocycles. The smallest absolute Gasteiger partial charge is 0.309 e. The summed E-state index contributed by atoms with van der Waals surface area (Å²) in [5, 5.41) is 6.52. The first-order valence-corrected chi connectivity index (χ1v) is 11.9.